The lowest BCUT2D eigenvalue weighted by Gasteiger charge is -2.09. The van der Waals surface area contributed by atoms with E-state index in [1.165, 1.54) is 12.0 Å². The Labute approximate surface area is 163 Å². The molecule has 2 N–H and O–H groups in total. The highest BCUT2D eigenvalue weighted by Crippen LogP contribution is 2.22. The summed E-state index contributed by atoms with van der Waals surface area (Å²) in [6.45, 7) is 2.25. The SMILES string of the molecule is Cl.O=C(Cc1ccc(CC2CCNC2)cc1)Nc1ccc2ncsc2c1. The minimum Gasteiger partial charge on any atom is -0.326 e. The Morgan fingerprint density at radius 2 is 2.00 bits per heavy atom. The van der Waals surface area contributed by atoms with E-state index in [0.717, 1.165) is 46.9 Å². The highest BCUT2D eigenvalue weighted by atomic mass is 35.5. The average molecular weight is 388 g/mol. The van der Waals surface area contributed by atoms with Gasteiger partial charge in [-0.1, -0.05) is 24.3 Å². The monoisotopic (exact) mass is 387 g/mol. The Hall–Kier alpha value is -1.95. The van der Waals surface area contributed by atoms with Gasteiger partial charge in [0.2, 0.25) is 5.91 Å². The van der Waals surface area contributed by atoms with Crippen LogP contribution in [0.2, 0.25) is 0 Å². The molecule has 1 atom stereocenters. The number of nitrogens with zero attached hydrogens (tertiary/aromatic N) is 1. The van der Waals surface area contributed by atoms with E-state index in [1.807, 2.05) is 23.7 Å². The molecule has 0 aliphatic carbocycles. The molecule has 6 heteroatoms. The van der Waals surface area contributed by atoms with Gasteiger partial charge < -0.3 is 10.6 Å². The molecule has 1 aliphatic rings. The number of halogens is 1. The largest absolute Gasteiger partial charge is 0.326 e. The number of aromatic nitrogens is 1. The molecule has 2 heterocycles. The van der Waals surface area contributed by atoms with Gasteiger partial charge in [0.1, 0.15) is 0 Å². The maximum Gasteiger partial charge on any atom is 0.228 e. The van der Waals surface area contributed by atoms with Crippen molar-refractivity contribution in [3.05, 3.63) is 59.1 Å². The number of benzene rings is 2. The van der Waals surface area contributed by atoms with Crippen LogP contribution in [-0.2, 0) is 17.6 Å². The molecule has 3 aromatic rings. The summed E-state index contributed by atoms with van der Waals surface area (Å²) >= 11 is 1.58. The molecule has 1 fully saturated rings. The summed E-state index contributed by atoms with van der Waals surface area (Å²) in [5, 5.41) is 6.38. The summed E-state index contributed by atoms with van der Waals surface area (Å²) in [5.41, 5.74) is 6.01. The van der Waals surface area contributed by atoms with Gasteiger partial charge in [0.25, 0.3) is 0 Å². The Morgan fingerprint density at radius 1 is 1.19 bits per heavy atom. The number of carbonyl (C=O) groups excluding carboxylic acids is 1. The van der Waals surface area contributed by atoms with E-state index in [0.29, 0.717) is 6.42 Å². The lowest BCUT2D eigenvalue weighted by molar-refractivity contribution is -0.115. The maximum atomic E-state index is 12.3. The molecule has 0 radical (unpaired) electrons. The van der Waals surface area contributed by atoms with Crippen LogP contribution in [0, 0.1) is 5.92 Å². The third-order valence-electron chi connectivity index (χ3n) is 4.69. The van der Waals surface area contributed by atoms with E-state index in [2.05, 4.69) is 39.9 Å². The van der Waals surface area contributed by atoms with Gasteiger partial charge in [0, 0.05) is 5.69 Å². The molecule has 0 spiro atoms. The topological polar surface area (TPSA) is 54.0 Å². The zero-order valence-electron chi connectivity index (χ0n) is 14.4. The summed E-state index contributed by atoms with van der Waals surface area (Å²) in [7, 11) is 0. The van der Waals surface area contributed by atoms with Crippen molar-refractivity contribution in [2.75, 3.05) is 18.4 Å². The Balaban J connectivity index is 0.00000196. The van der Waals surface area contributed by atoms with Crippen LogP contribution in [0.25, 0.3) is 10.2 Å². The van der Waals surface area contributed by atoms with Gasteiger partial charge >= 0.3 is 0 Å². The Morgan fingerprint density at radius 3 is 2.77 bits per heavy atom. The fourth-order valence-electron chi connectivity index (χ4n) is 3.34. The third kappa shape index (κ3) is 4.61. The molecule has 26 heavy (non-hydrogen) atoms. The van der Waals surface area contributed by atoms with E-state index in [4.69, 9.17) is 0 Å². The molecule has 0 saturated carbocycles. The van der Waals surface area contributed by atoms with E-state index < -0.39 is 0 Å². The number of rotatable bonds is 5. The molecule has 1 aromatic heterocycles. The summed E-state index contributed by atoms with van der Waals surface area (Å²) < 4.78 is 1.09. The van der Waals surface area contributed by atoms with Gasteiger partial charge in [-0.15, -0.1) is 23.7 Å². The van der Waals surface area contributed by atoms with Crippen LogP contribution in [0.15, 0.2) is 48.0 Å². The first-order valence-electron chi connectivity index (χ1n) is 8.68. The number of hydrogen-bond donors (Lipinski definition) is 2. The van der Waals surface area contributed by atoms with E-state index in [1.54, 1.807) is 11.3 Å². The maximum absolute atomic E-state index is 12.3. The van der Waals surface area contributed by atoms with Gasteiger partial charge in [0.15, 0.2) is 0 Å². The predicted octanol–water partition coefficient (Wildman–Crippen LogP) is 4.05. The zero-order chi connectivity index (χ0) is 17.1. The molecule has 2 aromatic carbocycles. The van der Waals surface area contributed by atoms with Crippen molar-refractivity contribution in [1.82, 2.24) is 10.3 Å². The van der Waals surface area contributed by atoms with Crippen molar-refractivity contribution in [3.63, 3.8) is 0 Å². The van der Waals surface area contributed by atoms with E-state index >= 15 is 0 Å². The van der Waals surface area contributed by atoms with Gasteiger partial charge in [0.05, 0.1) is 22.1 Å². The molecular weight excluding hydrogens is 366 g/mol. The molecule has 4 rings (SSSR count). The van der Waals surface area contributed by atoms with Crippen molar-refractivity contribution in [2.24, 2.45) is 5.92 Å². The number of anilines is 1. The number of carbonyl (C=O) groups is 1. The van der Waals surface area contributed by atoms with Crippen molar-refractivity contribution in [1.29, 1.82) is 0 Å². The van der Waals surface area contributed by atoms with Crippen LogP contribution < -0.4 is 10.6 Å². The van der Waals surface area contributed by atoms with Crippen LogP contribution in [0.1, 0.15) is 17.5 Å². The molecule has 1 saturated heterocycles. The quantitative estimate of drug-likeness (QED) is 0.694. The molecular formula is C20H22ClN3OS. The first kappa shape index (κ1) is 18.8. The van der Waals surface area contributed by atoms with Crippen LogP contribution >= 0.6 is 23.7 Å². The Bertz CT molecular complexity index is 872. The molecule has 1 aliphatic heterocycles. The van der Waals surface area contributed by atoms with Crippen molar-refractivity contribution < 1.29 is 4.79 Å². The smallest absolute Gasteiger partial charge is 0.228 e. The zero-order valence-corrected chi connectivity index (χ0v) is 16.0. The van der Waals surface area contributed by atoms with Crippen LogP contribution in [0.4, 0.5) is 5.69 Å². The molecule has 0 bridgehead atoms. The second-order valence-electron chi connectivity index (χ2n) is 6.64. The lowest BCUT2D eigenvalue weighted by atomic mass is 9.97. The number of amides is 1. The average Bonchev–Trinajstić information content (AvgIpc) is 3.27. The molecule has 1 amide bonds. The minimum atomic E-state index is 0. The highest BCUT2D eigenvalue weighted by Gasteiger charge is 2.14. The molecule has 1 unspecified atom stereocenters. The van der Waals surface area contributed by atoms with Crippen molar-refractivity contribution in [2.45, 2.75) is 19.3 Å². The third-order valence-corrected chi connectivity index (χ3v) is 5.48. The van der Waals surface area contributed by atoms with Crippen molar-refractivity contribution in [3.8, 4) is 0 Å². The van der Waals surface area contributed by atoms with Gasteiger partial charge in [-0.2, -0.15) is 0 Å². The number of nitrogens with one attached hydrogen (secondary N) is 2. The number of thiazole rings is 1. The minimum absolute atomic E-state index is 0. The number of hydrogen-bond acceptors (Lipinski definition) is 4. The standard InChI is InChI=1S/C20H21N3OS.ClH/c24-20(23-17-5-6-18-19(11-17)25-13-22-18)10-15-3-1-14(2-4-15)9-16-7-8-21-12-16;/h1-6,11,13,16,21H,7-10,12H2,(H,23,24);1H. The predicted molar refractivity (Wildman–Crippen MR) is 110 cm³/mol. The summed E-state index contributed by atoms with van der Waals surface area (Å²) in [6.07, 6.45) is 2.77. The van der Waals surface area contributed by atoms with Gasteiger partial charge in [-0.25, -0.2) is 4.98 Å². The van der Waals surface area contributed by atoms with E-state index in [-0.39, 0.29) is 18.3 Å². The lowest BCUT2D eigenvalue weighted by Crippen LogP contribution is -2.14. The Kier molecular flexibility index (Phi) is 6.25. The van der Waals surface area contributed by atoms with Gasteiger partial charge in [-0.05, 0) is 61.2 Å². The second-order valence-corrected chi connectivity index (χ2v) is 7.53. The van der Waals surface area contributed by atoms with Crippen LogP contribution in [0.5, 0.6) is 0 Å². The fourth-order valence-corrected chi connectivity index (χ4v) is 4.05. The van der Waals surface area contributed by atoms with Gasteiger partial charge in [-0.3, -0.25) is 4.79 Å². The summed E-state index contributed by atoms with van der Waals surface area (Å²) in [4.78, 5) is 16.5. The van der Waals surface area contributed by atoms with Crippen molar-refractivity contribution >= 4 is 45.6 Å². The fraction of sp³-hybridized carbons (Fsp3) is 0.300. The van der Waals surface area contributed by atoms with Crippen LogP contribution in [-0.4, -0.2) is 24.0 Å². The summed E-state index contributed by atoms with van der Waals surface area (Å²) in [5.74, 6) is 0.757. The first-order chi connectivity index (χ1) is 12.3. The second kappa shape index (κ2) is 8.62. The van der Waals surface area contributed by atoms with E-state index in [9.17, 15) is 4.79 Å². The van der Waals surface area contributed by atoms with Crippen LogP contribution in [0.3, 0.4) is 0 Å². The normalized spacial score (nSPS) is 16.4. The molecule has 4 nitrogen and oxygen atoms in total. The summed E-state index contributed by atoms with van der Waals surface area (Å²) in [6, 6.07) is 14.3. The molecule has 136 valence electrons. The highest BCUT2D eigenvalue weighted by molar-refractivity contribution is 7.16. The first-order valence-corrected chi connectivity index (χ1v) is 9.56. The number of fused-ring (bicyclic) bond motifs is 1.